The van der Waals surface area contributed by atoms with Crippen LogP contribution in [0, 0.1) is 11.6 Å². The molecule has 0 aliphatic rings. The first-order chi connectivity index (χ1) is 14.1. The van der Waals surface area contributed by atoms with Gasteiger partial charge in [0.15, 0.2) is 11.6 Å². The lowest BCUT2D eigenvalue weighted by atomic mass is 10.2. The van der Waals surface area contributed by atoms with Gasteiger partial charge in [0, 0.05) is 6.54 Å². The van der Waals surface area contributed by atoms with Crippen molar-refractivity contribution in [3.05, 3.63) is 60.1 Å². The van der Waals surface area contributed by atoms with Gasteiger partial charge < -0.3 is 15.5 Å². The molecule has 5 N–H and O–H groups in total. The first-order valence-electron chi connectivity index (χ1n) is 9.15. The number of hydrogen-bond donors (Lipinski definition) is 5. The molecule has 1 rings (SSSR count). The number of anilines is 2. The molecule has 0 radical (unpaired) electrons. The number of allylic oxidation sites excluding steroid dienone is 4. The van der Waals surface area contributed by atoms with Gasteiger partial charge in [0.05, 0.1) is 24.1 Å². The molecule has 7 nitrogen and oxygen atoms in total. The summed E-state index contributed by atoms with van der Waals surface area (Å²) in [5.74, 6) is -3.59. The fourth-order valence-electron chi connectivity index (χ4n) is 1.87. The van der Waals surface area contributed by atoms with E-state index in [-0.39, 0.29) is 5.70 Å². The van der Waals surface area contributed by atoms with Crippen LogP contribution in [0.4, 0.5) is 24.5 Å². The van der Waals surface area contributed by atoms with E-state index in [1.165, 1.54) is 6.08 Å². The zero-order chi connectivity index (χ0) is 23.3. The van der Waals surface area contributed by atoms with Crippen LogP contribution in [0.1, 0.15) is 27.2 Å². The first-order valence-corrected chi connectivity index (χ1v) is 10.6. The second kappa shape index (κ2) is 13.8. The van der Waals surface area contributed by atoms with Crippen LogP contribution in [0.5, 0.6) is 0 Å². The van der Waals surface area contributed by atoms with E-state index >= 15 is 0 Å². The quantitative estimate of drug-likeness (QED) is 0.332. The van der Waals surface area contributed by atoms with Crippen molar-refractivity contribution in [3.8, 4) is 0 Å². The number of aliphatic hydroxyl groups is 2. The van der Waals surface area contributed by atoms with Gasteiger partial charge in [-0.05, 0) is 30.7 Å². The topological polar surface area (TPSA) is 111 Å². The van der Waals surface area contributed by atoms with E-state index in [1.54, 1.807) is 13.0 Å². The number of nitrogens with one attached hydrogen (secondary N) is 3. The van der Waals surface area contributed by atoms with E-state index in [1.807, 2.05) is 23.3 Å². The van der Waals surface area contributed by atoms with Gasteiger partial charge in [0.25, 0.3) is 10.2 Å². The molecule has 1 aromatic rings. The van der Waals surface area contributed by atoms with Crippen LogP contribution in [0.2, 0.25) is 0 Å². The minimum Gasteiger partial charge on any atom is -0.394 e. The van der Waals surface area contributed by atoms with E-state index in [9.17, 15) is 26.7 Å². The Balaban J connectivity index is 0.00000407. The van der Waals surface area contributed by atoms with E-state index in [0.29, 0.717) is 12.5 Å². The second-order valence-corrected chi connectivity index (χ2v) is 6.98. The molecule has 0 aliphatic heterocycles. The smallest absolute Gasteiger partial charge is 0.299 e. The third kappa shape index (κ3) is 8.99. The summed E-state index contributed by atoms with van der Waals surface area (Å²) in [5, 5.41) is 20.3. The van der Waals surface area contributed by atoms with Gasteiger partial charge >= 0.3 is 0 Å². The number of aliphatic hydroxyl groups excluding tert-OH is 2. The zero-order valence-corrected chi connectivity index (χ0v) is 17.9. The van der Waals surface area contributed by atoms with Crippen LogP contribution < -0.4 is 14.8 Å². The van der Waals surface area contributed by atoms with Gasteiger partial charge in [-0.25, -0.2) is 13.2 Å². The van der Waals surface area contributed by atoms with Gasteiger partial charge in [0.2, 0.25) is 0 Å². The van der Waals surface area contributed by atoms with Gasteiger partial charge in [0.1, 0.15) is 11.5 Å². The van der Waals surface area contributed by atoms with Crippen LogP contribution in [0.3, 0.4) is 0 Å². The highest BCUT2D eigenvalue weighted by Gasteiger charge is 2.20. The predicted octanol–water partition coefficient (Wildman–Crippen LogP) is 3.34. The molecule has 0 saturated heterocycles. The van der Waals surface area contributed by atoms with Gasteiger partial charge in [-0.3, -0.25) is 4.72 Å². The summed E-state index contributed by atoms with van der Waals surface area (Å²) in [6, 6.07) is 1.63. The largest absolute Gasteiger partial charge is 0.394 e. The van der Waals surface area contributed by atoms with E-state index in [0.717, 1.165) is 12.1 Å². The van der Waals surface area contributed by atoms with Gasteiger partial charge in [-0.15, -0.1) is 0 Å². The minimum absolute atomic E-state index is 0.259. The molecular weight excluding hydrogens is 423 g/mol. The van der Waals surface area contributed by atoms with E-state index < -0.39 is 58.3 Å². The van der Waals surface area contributed by atoms with Crippen LogP contribution in [-0.2, 0) is 10.2 Å². The summed E-state index contributed by atoms with van der Waals surface area (Å²) in [6.07, 6.45) is 2.84. The molecule has 1 unspecified atom stereocenters. The average Bonchev–Trinajstić information content (AvgIpc) is 2.74. The maximum atomic E-state index is 14.3. The molecule has 0 heterocycles. The fraction of sp³-hybridized carbons (Fsp3) is 0.368. The van der Waals surface area contributed by atoms with Crippen molar-refractivity contribution in [1.29, 1.82) is 0 Å². The minimum atomic E-state index is -4.32. The molecule has 0 aromatic heterocycles. The molecule has 1 aromatic carbocycles. The summed E-state index contributed by atoms with van der Waals surface area (Å²) in [7, 11) is -4.32. The van der Waals surface area contributed by atoms with Crippen molar-refractivity contribution >= 4 is 21.6 Å². The molecule has 11 heteroatoms. The van der Waals surface area contributed by atoms with Gasteiger partial charge in [-0.2, -0.15) is 13.1 Å². The van der Waals surface area contributed by atoms with Crippen molar-refractivity contribution in [2.45, 2.75) is 33.3 Å². The summed E-state index contributed by atoms with van der Waals surface area (Å²) in [6.45, 7) is 7.83. The summed E-state index contributed by atoms with van der Waals surface area (Å²) in [4.78, 5) is 0. The van der Waals surface area contributed by atoms with Crippen molar-refractivity contribution in [2.24, 2.45) is 0 Å². The van der Waals surface area contributed by atoms with Crippen LogP contribution >= 0.6 is 0 Å². The summed E-state index contributed by atoms with van der Waals surface area (Å²) >= 11 is 0. The second-order valence-electron chi connectivity index (χ2n) is 5.48. The number of benzene rings is 1. The fourth-order valence-corrected chi connectivity index (χ4v) is 2.81. The van der Waals surface area contributed by atoms with Crippen LogP contribution in [0.15, 0.2) is 48.5 Å². The van der Waals surface area contributed by atoms with Crippen LogP contribution in [0.25, 0.3) is 0 Å². The summed E-state index contributed by atoms with van der Waals surface area (Å²) < 4.78 is 69.9. The molecule has 0 bridgehead atoms. The third-order valence-electron chi connectivity index (χ3n) is 3.28. The Bertz CT molecular complexity index is 859. The van der Waals surface area contributed by atoms with E-state index in [4.69, 9.17) is 5.11 Å². The van der Waals surface area contributed by atoms with Crippen molar-refractivity contribution in [3.63, 3.8) is 0 Å². The maximum absolute atomic E-state index is 14.3. The normalized spacial score (nSPS) is 13.2. The molecule has 0 saturated carbocycles. The lowest BCUT2D eigenvalue weighted by Crippen LogP contribution is -2.37. The Labute approximate surface area is 175 Å². The summed E-state index contributed by atoms with van der Waals surface area (Å²) in [5.41, 5.74) is -1.32. The molecular formula is C19H28F3N3O4S. The lowest BCUT2D eigenvalue weighted by molar-refractivity contribution is 0.0988. The molecule has 170 valence electrons. The molecule has 0 amide bonds. The highest BCUT2D eigenvalue weighted by molar-refractivity contribution is 7.90. The van der Waals surface area contributed by atoms with Crippen molar-refractivity contribution in [1.82, 2.24) is 4.72 Å². The Hall–Kier alpha value is -2.34. The zero-order valence-electron chi connectivity index (χ0n) is 17.0. The monoisotopic (exact) mass is 451 g/mol. The number of hydrogen-bond acceptors (Lipinski definition) is 5. The highest BCUT2D eigenvalue weighted by Crippen LogP contribution is 2.30. The Morgan fingerprint density at radius 1 is 1.30 bits per heavy atom. The number of halogens is 3. The lowest BCUT2D eigenvalue weighted by Gasteiger charge is -2.17. The van der Waals surface area contributed by atoms with E-state index in [2.05, 4.69) is 11.9 Å². The first kappa shape index (κ1) is 27.7. The maximum Gasteiger partial charge on any atom is 0.299 e. The molecule has 1 atom stereocenters. The SMILES string of the molecule is C=C/C(F)=C(\C=C/CC)Nc1c(NS(=O)(=O)NCC(O)CO)ccc(F)c1F.CC. The molecule has 0 fully saturated rings. The predicted molar refractivity (Wildman–Crippen MR) is 113 cm³/mol. The third-order valence-corrected chi connectivity index (χ3v) is 4.31. The molecule has 0 aliphatic carbocycles. The highest BCUT2D eigenvalue weighted by atomic mass is 32.2. The number of rotatable bonds is 11. The van der Waals surface area contributed by atoms with Crippen molar-refractivity contribution < 1.29 is 31.8 Å². The Morgan fingerprint density at radius 2 is 1.93 bits per heavy atom. The molecule has 30 heavy (non-hydrogen) atoms. The van der Waals surface area contributed by atoms with Gasteiger partial charge in [-0.1, -0.05) is 33.4 Å². The average molecular weight is 452 g/mol. The molecule has 0 spiro atoms. The standard InChI is InChI=1S/C17H22F3N3O4S.C2H6/c1-3-5-6-14(12(18)4-2)22-17-15(8-7-13(19)16(17)20)23-28(26,27)21-9-11(25)10-24;1-2/h4-8,11,21-25H,2-3,9-10H2,1H3;1-2H3/b6-5-,14-12-;. The Morgan fingerprint density at radius 3 is 2.47 bits per heavy atom. The Kier molecular flexibility index (Phi) is 12.7. The van der Waals surface area contributed by atoms with Crippen LogP contribution in [-0.4, -0.2) is 37.9 Å². The van der Waals surface area contributed by atoms with Crippen molar-refractivity contribution in [2.75, 3.05) is 23.2 Å².